The van der Waals surface area contributed by atoms with Crippen LogP contribution >= 0.6 is 0 Å². The van der Waals surface area contributed by atoms with Gasteiger partial charge in [0.25, 0.3) is 0 Å². The van der Waals surface area contributed by atoms with Crippen molar-refractivity contribution >= 4 is 10.0 Å². The number of hydrogen-bond acceptors (Lipinski definition) is 3. The third kappa shape index (κ3) is 4.71. The molecule has 1 N–H and O–H groups in total. The summed E-state index contributed by atoms with van der Waals surface area (Å²) in [6, 6.07) is 5.09. The molecule has 0 saturated heterocycles. The van der Waals surface area contributed by atoms with E-state index in [2.05, 4.69) is 4.72 Å². The van der Waals surface area contributed by atoms with Crippen molar-refractivity contribution in [3.63, 3.8) is 0 Å². The van der Waals surface area contributed by atoms with Crippen molar-refractivity contribution in [1.29, 1.82) is 0 Å². The van der Waals surface area contributed by atoms with E-state index in [4.69, 9.17) is 4.74 Å². The average molecular weight is 325 g/mol. The highest BCUT2D eigenvalue weighted by Gasteiger charge is 2.23. The largest absolute Gasteiger partial charge is 0.490 e. The van der Waals surface area contributed by atoms with Crippen molar-refractivity contribution in [2.45, 2.75) is 76.3 Å². The standard InChI is InChI=1S/C17H27NO3S/c1-13-12-15(22(19,20)18-17(2,3)4)10-11-16(13)21-14-8-6-5-7-9-14/h10-12,14,18H,5-9H2,1-4H3. The fourth-order valence-corrected chi connectivity index (χ4v) is 4.25. The van der Waals surface area contributed by atoms with Gasteiger partial charge in [-0.25, -0.2) is 13.1 Å². The van der Waals surface area contributed by atoms with E-state index in [1.54, 1.807) is 18.2 Å². The zero-order valence-electron chi connectivity index (χ0n) is 14.0. The zero-order chi connectivity index (χ0) is 16.4. The summed E-state index contributed by atoms with van der Waals surface area (Å²) in [5.74, 6) is 0.793. The van der Waals surface area contributed by atoms with Gasteiger partial charge in [-0.1, -0.05) is 6.42 Å². The molecule has 1 aromatic carbocycles. The molecule has 0 amide bonds. The van der Waals surface area contributed by atoms with Gasteiger partial charge in [0.05, 0.1) is 11.0 Å². The Labute approximate surface area is 134 Å². The van der Waals surface area contributed by atoms with Crippen LogP contribution in [0.4, 0.5) is 0 Å². The van der Waals surface area contributed by atoms with Crippen LogP contribution in [0, 0.1) is 6.92 Å². The molecule has 22 heavy (non-hydrogen) atoms. The van der Waals surface area contributed by atoms with Crippen molar-refractivity contribution < 1.29 is 13.2 Å². The SMILES string of the molecule is Cc1cc(S(=O)(=O)NC(C)(C)C)ccc1OC1CCCCC1. The minimum atomic E-state index is -3.50. The summed E-state index contributed by atoms with van der Waals surface area (Å²) in [4.78, 5) is 0.288. The predicted molar refractivity (Wildman–Crippen MR) is 88.8 cm³/mol. The summed E-state index contributed by atoms with van der Waals surface area (Å²) < 4.78 is 33.4. The molecule has 0 radical (unpaired) electrons. The molecule has 0 bridgehead atoms. The molecule has 0 spiro atoms. The highest BCUT2D eigenvalue weighted by Crippen LogP contribution is 2.27. The number of ether oxygens (including phenoxy) is 1. The topological polar surface area (TPSA) is 55.4 Å². The zero-order valence-corrected chi connectivity index (χ0v) is 14.8. The molecule has 0 aromatic heterocycles. The van der Waals surface area contributed by atoms with Crippen molar-refractivity contribution in [1.82, 2.24) is 4.72 Å². The van der Waals surface area contributed by atoms with Crippen LogP contribution in [-0.2, 0) is 10.0 Å². The van der Waals surface area contributed by atoms with Gasteiger partial charge in [0, 0.05) is 5.54 Å². The number of rotatable bonds is 4. The minimum Gasteiger partial charge on any atom is -0.490 e. The molecular formula is C17H27NO3S. The number of aryl methyl sites for hydroxylation is 1. The second kappa shape index (κ2) is 6.59. The Morgan fingerprint density at radius 3 is 2.32 bits per heavy atom. The third-order valence-electron chi connectivity index (χ3n) is 3.74. The van der Waals surface area contributed by atoms with Crippen LogP contribution < -0.4 is 9.46 Å². The molecule has 1 aromatic rings. The summed E-state index contributed by atoms with van der Waals surface area (Å²) in [6.45, 7) is 7.39. The molecule has 0 heterocycles. The molecular weight excluding hydrogens is 298 g/mol. The van der Waals surface area contributed by atoms with E-state index in [0.29, 0.717) is 0 Å². The molecule has 0 atom stereocenters. The molecule has 1 aliphatic carbocycles. The van der Waals surface area contributed by atoms with E-state index in [1.165, 1.54) is 19.3 Å². The van der Waals surface area contributed by atoms with Crippen LogP contribution in [-0.4, -0.2) is 20.1 Å². The van der Waals surface area contributed by atoms with Gasteiger partial charge in [-0.2, -0.15) is 0 Å². The Morgan fingerprint density at radius 2 is 1.77 bits per heavy atom. The Bertz CT molecular complexity index is 611. The molecule has 1 aliphatic rings. The molecule has 5 heteroatoms. The maximum absolute atomic E-state index is 12.3. The Hall–Kier alpha value is -1.07. The van der Waals surface area contributed by atoms with E-state index in [1.807, 2.05) is 27.7 Å². The van der Waals surface area contributed by atoms with Gasteiger partial charge in [0.2, 0.25) is 10.0 Å². The fraction of sp³-hybridized carbons (Fsp3) is 0.647. The number of benzene rings is 1. The van der Waals surface area contributed by atoms with Crippen LogP contribution in [0.3, 0.4) is 0 Å². The lowest BCUT2D eigenvalue weighted by atomic mass is 9.98. The van der Waals surface area contributed by atoms with E-state index >= 15 is 0 Å². The van der Waals surface area contributed by atoms with Crippen LogP contribution in [0.1, 0.15) is 58.4 Å². The number of hydrogen-bond donors (Lipinski definition) is 1. The number of nitrogens with one attached hydrogen (secondary N) is 1. The predicted octanol–water partition coefficient (Wildman–Crippen LogP) is 3.78. The Kier molecular flexibility index (Phi) is 5.17. The highest BCUT2D eigenvalue weighted by molar-refractivity contribution is 7.89. The Balaban J connectivity index is 2.15. The lowest BCUT2D eigenvalue weighted by Gasteiger charge is -2.24. The van der Waals surface area contributed by atoms with Crippen LogP contribution in [0.5, 0.6) is 5.75 Å². The van der Waals surface area contributed by atoms with Crippen molar-refractivity contribution in [2.24, 2.45) is 0 Å². The maximum Gasteiger partial charge on any atom is 0.241 e. The smallest absolute Gasteiger partial charge is 0.241 e. The minimum absolute atomic E-state index is 0.266. The van der Waals surface area contributed by atoms with Crippen molar-refractivity contribution in [3.05, 3.63) is 23.8 Å². The molecule has 1 saturated carbocycles. The monoisotopic (exact) mass is 325 g/mol. The first-order valence-electron chi connectivity index (χ1n) is 7.99. The highest BCUT2D eigenvalue weighted by atomic mass is 32.2. The second-order valence-electron chi connectivity index (χ2n) is 7.16. The number of sulfonamides is 1. The van der Waals surface area contributed by atoms with Gasteiger partial charge in [0.1, 0.15) is 5.75 Å². The van der Waals surface area contributed by atoms with Crippen LogP contribution in [0.25, 0.3) is 0 Å². The average Bonchev–Trinajstić information content (AvgIpc) is 2.39. The molecule has 1 fully saturated rings. The lowest BCUT2D eigenvalue weighted by molar-refractivity contribution is 0.154. The van der Waals surface area contributed by atoms with E-state index < -0.39 is 15.6 Å². The maximum atomic E-state index is 12.3. The first-order valence-corrected chi connectivity index (χ1v) is 9.47. The summed E-state index contributed by atoms with van der Waals surface area (Å²) in [7, 11) is -3.50. The second-order valence-corrected chi connectivity index (χ2v) is 8.84. The van der Waals surface area contributed by atoms with Crippen LogP contribution in [0.15, 0.2) is 23.1 Å². The van der Waals surface area contributed by atoms with Gasteiger partial charge in [-0.05, 0) is 77.1 Å². The van der Waals surface area contributed by atoms with E-state index in [0.717, 1.165) is 24.2 Å². The van der Waals surface area contributed by atoms with Crippen molar-refractivity contribution in [3.8, 4) is 5.75 Å². The van der Waals surface area contributed by atoms with Gasteiger partial charge in [-0.15, -0.1) is 0 Å². The third-order valence-corrected chi connectivity index (χ3v) is 5.50. The molecule has 2 rings (SSSR count). The van der Waals surface area contributed by atoms with Crippen LogP contribution in [0.2, 0.25) is 0 Å². The molecule has 124 valence electrons. The first-order chi connectivity index (χ1) is 10.2. The summed E-state index contributed by atoms with van der Waals surface area (Å²) >= 11 is 0. The quantitative estimate of drug-likeness (QED) is 0.916. The van der Waals surface area contributed by atoms with E-state index in [-0.39, 0.29) is 11.0 Å². The lowest BCUT2D eigenvalue weighted by Crippen LogP contribution is -2.40. The fourth-order valence-electron chi connectivity index (χ4n) is 2.75. The Morgan fingerprint density at radius 1 is 1.14 bits per heavy atom. The normalized spacial score (nSPS) is 17.5. The molecule has 0 aliphatic heterocycles. The van der Waals surface area contributed by atoms with Gasteiger partial charge in [0.15, 0.2) is 0 Å². The summed E-state index contributed by atoms with van der Waals surface area (Å²) in [5, 5.41) is 0. The summed E-state index contributed by atoms with van der Waals surface area (Å²) in [5.41, 5.74) is 0.367. The van der Waals surface area contributed by atoms with E-state index in [9.17, 15) is 8.42 Å². The summed E-state index contributed by atoms with van der Waals surface area (Å²) in [6.07, 6.45) is 6.16. The molecule has 4 nitrogen and oxygen atoms in total. The van der Waals surface area contributed by atoms with Gasteiger partial charge >= 0.3 is 0 Å². The molecule has 0 unspecified atom stereocenters. The van der Waals surface area contributed by atoms with Crippen molar-refractivity contribution in [2.75, 3.05) is 0 Å². The van der Waals surface area contributed by atoms with Gasteiger partial charge in [-0.3, -0.25) is 0 Å². The first kappa shape index (κ1) is 17.3. The van der Waals surface area contributed by atoms with Gasteiger partial charge < -0.3 is 4.74 Å².